The molecule has 1 aromatic carbocycles. The van der Waals surface area contributed by atoms with Crippen molar-refractivity contribution in [3.63, 3.8) is 0 Å². The molecule has 1 heterocycles. The molecular formula is C15H21N3. The average molecular weight is 243 g/mol. The maximum Gasteiger partial charge on any atom is 0.108 e. The van der Waals surface area contributed by atoms with Crippen LogP contribution in [0, 0.1) is 0 Å². The van der Waals surface area contributed by atoms with Gasteiger partial charge in [0.15, 0.2) is 0 Å². The van der Waals surface area contributed by atoms with Crippen molar-refractivity contribution in [2.24, 2.45) is 0 Å². The highest BCUT2D eigenvalue weighted by molar-refractivity contribution is 5.15. The summed E-state index contributed by atoms with van der Waals surface area (Å²) in [5.41, 5.74) is 1.38. The van der Waals surface area contributed by atoms with Gasteiger partial charge in [0.2, 0.25) is 0 Å². The predicted molar refractivity (Wildman–Crippen MR) is 74.6 cm³/mol. The summed E-state index contributed by atoms with van der Waals surface area (Å²) in [5, 5.41) is 3.17. The molecule has 0 fully saturated rings. The highest BCUT2D eigenvalue weighted by atomic mass is 15.1. The van der Waals surface area contributed by atoms with Crippen LogP contribution in [0.2, 0.25) is 0 Å². The number of benzene rings is 1. The zero-order valence-electron chi connectivity index (χ0n) is 11.0. The van der Waals surface area contributed by atoms with Crippen LogP contribution in [-0.2, 0) is 19.4 Å². The fourth-order valence-electron chi connectivity index (χ4n) is 2.10. The van der Waals surface area contributed by atoms with E-state index in [-0.39, 0.29) is 0 Å². The fraction of sp³-hybridized carbons (Fsp3) is 0.400. The van der Waals surface area contributed by atoms with Gasteiger partial charge in [0, 0.05) is 25.4 Å². The summed E-state index contributed by atoms with van der Waals surface area (Å²) in [6.45, 7) is 2.10. The van der Waals surface area contributed by atoms with E-state index in [0.29, 0.717) is 0 Å². The van der Waals surface area contributed by atoms with Crippen LogP contribution in [0.3, 0.4) is 0 Å². The number of hydrogen-bond donors (Lipinski definition) is 1. The van der Waals surface area contributed by atoms with Gasteiger partial charge in [0.05, 0.1) is 0 Å². The molecule has 0 amide bonds. The van der Waals surface area contributed by atoms with Crippen LogP contribution in [0.5, 0.6) is 0 Å². The number of aromatic nitrogens is 2. The molecule has 96 valence electrons. The van der Waals surface area contributed by atoms with E-state index in [4.69, 9.17) is 0 Å². The third kappa shape index (κ3) is 3.70. The SMILES string of the molecule is CNCCCn1ccnc1CCc1ccccc1. The summed E-state index contributed by atoms with van der Waals surface area (Å²) in [6, 6.07) is 10.6. The van der Waals surface area contributed by atoms with E-state index < -0.39 is 0 Å². The lowest BCUT2D eigenvalue weighted by Gasteiger charge is -2.07. The highest BCUT2D eigenvalue weighted by Gasteiger charge is 2.02. The molecule has 18 heavy (non-hydrogen) atoms. The van der Waals surface area contributed by atoms with Crippen molar-refractivity contribution < 1.29 is 0 Å². The van der Waals surface area contributed by atoms with E-state index in [0.717, 1.165) is 32.4 Å². The number of hydrogen-bond acceptors (Lipinski definition) is 2. The summed E-state index contributed by atoms with van der Waals surface area (Å²) in [4.78, 5) is 4.45. The van der Waals surface area contributed by atoms with Gasteiger partial charge >= 0.3 is 0 Å². The van der Waals surface area contributed by atoms with E-state index in [1.165, 1.54) is 11.4 Å². The molecule has 0 saturated carbocycles. The van der Waals surface area contributed by atoms with Crippen LogP contribution in [0.25, 0.3) is 0 Å². The number of nitrogens with one attached hydrogen (secondary N) is 1. The first-order valence-electron chi connectivity index (χ1n) is 6.58. The minimum atomic E-state index is 1.01. The molecule has 0 spiro atoms. The van der Waals surface area contributed by atoms with Crippen LogP contribution in [0.1, 0.15) is 17.8 Å². The lowest BCUT2D eigenvalue weighted by molar-refractivity contribution is 0.587. The van der Waals surface area contributed by atoms with E-state index in [2.05, 4.69) is 51.4 Å². The first kappa shape index (κ1) is 12.8. The molecule has 0 aliphatic heterocycles. The van der Waals surface area contributed by atoms with E-state index >= 15 is 0 Å². The third-order valence-corrected chi connectivity index (χ3v) is 3.11. The van der Waals surface area contributed by atoms with Crippen molar-refractivity contribution in [1.29, 1.82) is 0 Å². The number of nitrogens with zero attached hydrogens (tertiary/aromatic N) is 2. The molecule has 0 aliphatic rings. The molecule has 0 saturated heterocycles. The normalized spacial score (nSPS) is 10.7. The lowest BCUT2D eigenvalue weighted by Crippen LogP contribution is -2.12. The minimum absolute atomic E-state index is 1.01. The van der Waals surface area contributed by atoms with Gasteiger partial charge < -0.3 is 9.88 Å². The molecule has 2 rings (SSSR count). The zero-order valence-corrected chi connectivity index (χ0v) is 11.0. The molecule has 2 aromatic rings. The van der Waals surface area contributed by atoms with Crippen LogP contribution < -0.4 is 5.32 Å². The number of rotatable bonds is 7. The van der Waals surface area contributed by atoms with Gasteiger partial charge in [-0.25, -0.2) is 4.98 Å². The molecule has 1 aromatic heterocycles. The monoisotopic (exact) mass is 243 g/mol. The second-order valence-corrected chi connectivity index (χ2v) is 4.48. The molecular weight excluding hydrogens is 222 g/mol. The van der Waals surface area contributed by atoms with Gasteiger partial charge in [0.1, 0.15) is 5.82 Å². The third-order valence-electron chi connectivity index (χ3n) is 3.11. The molecule has 1 N–H and O–H groups in total. The molecule has 0 radical (unpaired) electrons. The number of aryl methyl sites for hydroxylation is 3. The Kier molecular flexibility index (Phi) is 4.97. The first-order chi connectivity index (χ1) is 8.90. The zero-order chi connectivity index (χ0) is 12.6. The highest BCUT2D eigenvalue weighted by Crippen LogP contribution is 2.06. The maximum atomic E-state index is 4.45. The van der Waals surface area contributed by atoms with Crippen molar-refractivity contribution >= 4 is 0 Å². The Morgan fingerprint density at radius 1 is 1.17 bits per heavy atom. The Balaban J connectivity index is 1.87. The minimum Gasteiger partial charge on any atom is -0.335 e. The van der Waals surface area contributed by atoms with Crippen LogP contribution in [-0.4, -0.2) is 23.1 Å². The topological polar surface area (TPSA) is 29.9 Å². The molecule has 0 unspecified atom stereocenters. The van der Waals surface area contributed by atoms with Gasteiger partial charge in [-0.05, 0) is 32.0 Å². The standard InChI is InChI=1S/C15H21N3/c1-16-10-5-12-18-13-11-17-15(18)9-8-14-6-3-2-4-7-14/h2-4,6-7,11,13,16H,5,8-10,12H2,1H3. The van der Waals surface area contributed by atoms with Gasteiger partial charge in [0.25, 0.3) is 0 Å². The molecule has 0 aliphatic carbocycles. The Bertz CT molecular complexity index is 448. The summed E-state index contributed by atoms with van der Waals surface area (Å²) in [6.07, 6.45) is 7.20. The summed E-state index contributed by atoms with van der Waals surface area (Å²) >= 11 is 0. The maximum absolute atomic E-state index is 4.45. The second-order valence-electron chi connectivity index (χ2n) is 4.48. The Labute approximate surface area is 109 Å². The molecule has 0 bridgehead atoms. The van der Waals surface area contributed by atoms with Gasteiger partial charge in [-0.1, -0.05) is 30.3 Å². The van der Waals surface area contributed by atoms with Crippen LogP contribution >= 0.6 is 0 Å². The van der Waals surface area contributed by atoms with Gasteiger partial charge in [-0.15, -0.1) is 0 Å². The predicted octanol–water partition coefficient (Wildman–Crippen LogP) is 2.28. The van der Waals surface area contributed by atoms with Gasteiger partial charge in [-0.3, -0.25) is 0 Å². The smallest absolute Gasteiger partial charge is 0.108 e. The van der Waals surface area contributed by atoms with Crippen molar-refractivity contribution in [2.75, 3.05) is 13.6 Å². The molecule has 3 nitrogen and oxygen atoms in total. The average Bonchev–Trinajstić information content (AvgIpc) is 2.86. The fourth-order valence-corrected chi connectivity index (χ4v) is 2.10. The first-order valence-corrected chi connectivity index (χ1v) is 6.58. The van der Waals surface area contributed by atoms with Crippen molar-refractivity contribution in [2.45, 2.75) is 25.8 Å². The summed E-state index contributed by atoms with van der Waals surface area (Å²) in [5.74, 6) is 1.19. The lowest BCUT2D eigenvalue weighted by atomic mass is 10.1. The van der Waals surface area contributed by atoms with E-state index in [1.807, 2.05) is 13.2 Å². The Morgan fingerprint density at radius 2 is 2.00 bits per heavy atom. The van der Waals surface area contributed by atoms with Gasteiger partial charge in [-0.2, -0.15) is 0 Å². The van der Waals surface area contributed by atoms with Crippen molar-refractivity contribution in [1.82, 2.24) is 14.9 Å². The van der Waals surface area contributed by atoms with Crippen LogP contribution in [0.15, 0.2) is 42.7 Å². The van der Waals surface area contributed by atoms with E-state index in [1.54, 1.807) is 0 Å². The van der Waals surface area contributed by atoms with Crippen molar-refractivity contribution in [3.05, 3.63) is 54.1 Å². The molecule has 0 atom stereocenters. The van der Waals surface area contributed by atoms with E-state index in [9.17, 15) is 0 Å². The molecule has 3 heteroatoms. The summed E-state index contributed by atoms with van der Waals surface area (Å²) in [7, 11) is 1.99. The quantitative estimate of drug-likeness (QED) is 0.756. The largest absolute Gasteiger partial charge is 0.335 e. The Hall–Kier alpha value is -1.61. The summed E-state index contributed by atoms with van der Waals surface area (Å²) < 4.78 is 2.26. The van der Waals surface area contributed by atoms with Crippen molar-refractivity contribution in [3.8, 4) is 0 Å². The second kappa shape index (κ2) is 6.97. The Morgan fingerprint density at radius 3 is 2.78 bits per heavy atom. The van der Waals surface area contributed by atoms with Crippen LogP contribution in [0.4, 0.5) is 0 Å². The number of imidazole rings is 1.